The largest absolute Gasteiger partial charge is 0.481 e. The van der Waals surface area contributed by atoms with Crippen molar-refractivity contribution in [2.75, 3.05) is 33.9 Å². The molecule has 0 aliphatic carbocycles. The lowest BCUT2D eigenvalue weighted by Crippen LogP contribution is -2.32. The molecule has 2 N–H and O–H groups in total. The number of likely N-dealkylation sites (tertiary alicyclic amines) is 1. The summed E-state index contributed by atoms with van der Waals surface area (Å²) in [4.78, 5) is 29.5. The second-order valence-corrected chi connectivity index (χ2v) is 5.02. The normalized spacial score (nSPS) is 21.3. The van der Waals surface area contributed by atoms with Crippen LogP contribution in [0.2, 0.25) is 0 Å². The van der Waals surface area contributed by atoms with E-state index in [1.54, 1.807) is 24.1 Å². The van der Waals surface area contributed by atoms with Crippen LogP contribution < -0.4 is 10.5 Å². The molecule has 1 aliphatic rings. The standard InChI is InChI=1S/C14H19N3O4/c1-20-8-10-6-17(7-11(10)13(15)18)14(19)9-3-4-12(21-2)16-5-9/h3-5,10-11H,6-8H2,1-2H3,(H2,15,18)/t10-,11+/m0/s1. The van der Waals surface area contributed by atoms with Crippen molar-refractivity contribution in [2.24, 2.45) is 17.6 Å². The zero-order chi connectivity index (χ0) is 15.4. The first-order valence-electron chi connectivity index (χ1n) is 6.64. The molecule has 0 aromatic carbocycles. The van der Waals surface area contributed by atoms with Crippen LogP contribution in [0.5, 0.6) is 5.88 Å². The lowest BCUT2D eigenvalue weighted by molar-refractivity contribution is -0.122. The average Bonchev–Trinajstić information content (AvgIpc) is 2.91. The Morgan fingerprint density at radius 1 is 1.38 bits per heavy atom. The number of rotatable bonds is 5. The summed E-state index contributed by atoms with van der Waals surface area (Å²) in [6.07, 6.45) is 1.46. The van der Waals surface area contributed by atoms with E-state index in [0.717, 1.165) is 0 Å². The van der Waals surface area contributed by atoms with Gasteiger partial charge in [-0.05, 0) is 6.07 Å². The average molecular weight is 293 g/mol. The van der Waals surface area contributed by atoms with Crippen molar-refractivity contribution in [3.05, 3.63) is 23.9 Å². The molecule has 2 heterocycles. The van der Waals surface area contributed by atoms with E-state index in [1.165, 1.54) is 13.3 Å². The van der Waals surface area contributed by atoms with Crippen LogP contribution in [-0.2, 0) is 9.53 Å². The molecule has 2 atom stereocenters. The van der Waals surface area contributed by atoms with E-state index < -0.39 is 5.91 Å². The number of pyridine rings is 1. The van der Waals surface area contributed by atoms with E-state index in [0.29, 0.717) is 31.1 Å². The molecule has 0 bridgehead atoms. The SMILES string of the molecule is COC[C@@H]1CN(C(=O)c2ccc(OC)nc2)C[C@H]1C(N)=O. The predicted octanol–water partition coefficient (Wildman–Crippen LogP) is -0.0899. The van der Waals surface area contributed by atoms with Crippen molar-refractivity contribution in [3.8, 4) is 5.88 Å². The van der Waals surface area contributed by atoms with E-state index in [1.807, 2.05) is 0 Å². The predicted molar refractivity (Wildman–Crippen MR) is 74.7 cm³/mol. The molecule has 2 rings (SSSR count). The molecule has 0 radical (unpaired) electrons. The van der Waals surface area contributed by atoms with Gasteiger partial charge in [0.2, 0.25) is 11.8 Å². The molecule has 1 aliphatic heterocycles. The molecule has 7 nitrogen and oxygen atoms in total. The lowest BCUT2D eigenvalue weighted by Gasteiger charge is -2.16. The summed E-state index contributed by atoms with van der Waals surface area (Å²) in [5.41, 5.74) is 5.85. The van der Waals surface area contributed by atoms with E-state index in [4.69, 9.17) is 15.2 Å². The number of ether oxygens (including phenoxy) is 2. The highest BCUT2D eigenvalue weighted by Crippen LogP contribution is 2.25. The molecular weight excluding hydrogens is 274 g/mol. The van der Waals surface area contributed by atoms with Gasteiger partial charge in [-0.25, -0.2) is 4.98 Å². The summed E-state index contributed by atoms with van der Waals surface area (Å²) in [6.45, 7) is 1.17. The highest BCUT2D eigenvalue weighted by atomic mass is 16.5. The van der Waals surface area contributed by atoms with Gasteiger partial charge >= 0.3 is 0 Å². The van der Waals surface area contributed by atoms with Crippen molar-refractivity contribution in [1.29, 1.82) is 0 Å². The number of nitrogens with two attached hydrogens (primary N) is 1. The monoisotopic (exact) mass is 293 g/mol. The second kappa shape index (κ2) is 6.53. The minimum Gasteiger partial charge on any atom is -0.481 e. The van der Waals surface area contributed by atoms with Crippen LogP contribution in [0, 0.1) is 11.8 Å². The Kier molecular flexibility index (Phi) is 4.74. The topological polar surface area (TPSA) is 94.8 Å². The van der Waals surface area contributed by atoms with Crippen LogP contribution in [0.1, 0.15) is 10.4 Å². The molecule has 0 spiro atoms. The Morgan fingerprint density at radius 3 is 2.67 bits per heavy atom. The summed E-state index contributed by atoms with van der Waals surface area (Å²) in [6, 6.07) is 3.28. The molecule has 1 aromatic rings. The van der Waals surface area contributed by atoms with Crippen LogP contribution in [0.4, 0.5) is 0 Å². The van der Waals surface area contributed by atoms with E-state index in [2.05, 4.69) is 4.98 Å². The summed E-state index contributed by atoms with van der Waals surface area (Å²) in [5.74, 6) is -0.571. The number of nitrogens with zero attached hydrogens (tertiary/aromatic N) is 2. The van der Waals surface area contributed by atoms with Gasteiger partial charge in [0.15, 0.2) is 0 Å². The molecule has 114 valence electrons. The Labute approximate surface area is 123 Å². The van der Waals surface area contributed by atoms with Gasteiger partial charge < -0.3 is 20.1 Å². The van der Waals surface area contributed by atoms with E-state index in [-0.39, 0.29) is 17.7 Å². The van der Waals surface area contributed by atoms with Crippen molar-refractivity contribution < 1.29 is 19.1 Å². The Morgan fingerprint density at radius 2 is 2.14 bits per heavy atom. The smallest absolute Gasteiger partial charge is 0.255 e. The molecule has 0 unspecified atom stereocenters. The number of carbonyl (C=O) groups excluding carboxylic acids is 2. The molecule has 1 saturated heterocycles. The van der Waals surface area contributed by atoms with Gasteiger partial charge in [-0.2, -0.15) is 0 Å². The van der Waals surface area contributed by atoms with Crippen LogP contribution in [0.15, 0.2) is 18.3 Å². The number of hydrogen-bond acceptors (Lipinski definition) is 5. The van der Waals surface area contributed by atoms with Crippen molar-refractivity contribution in [3.63, 3.8) is 0 Å². The van der Waals surface area contributed by atoms with Gasteiger partial charge in [0.25, 0.3) is 5.91 Å². The molecule has 2 amide bonds. The number of amides is 2. The minimum absolute atomic E-state index is 0.0670. The van der Waals surface area contributed by atoms with Crippen LogP contribution in [0.3, 0.4) is 0 Å². The number of aromatic nitrogens is 1. The summed E-state index contributed by atoms with van der Waals surface area (Å²) in [5, 5.41) is 0. The van der Waals surface area contributed by atoms with Crippen LogP contribution in [-0.4, -0.2) is 55.6 Å². The minimum atomic E-state index is -0.403. The molecule has 1 fully saturated rings. The van der Waals surface area contributed by atoms with Crippen molar-refractivity contribution in [1.82, 2.24) is 9.88 Å². The fourth-order valence-electron chi connectivity index (χ4n) is 2.55. The zero-order valence-corrected chi connectivity index (χ0v) is 12.1. The highest BCUT2D eigenvalue weighted by Gasteiger charge is 2.38. The van der Waals surface area contributed by atoms with Gasteiger partial charge in [-0.3, -0.25) is 9.59 Å². The highest BCUT2D eigenvalue weighted by molar-refractivity contribution is 5.94. The first-order chi connectivity index (χ1) is 10.1. The van der Waals surface area contributed by atoms with E-state index in [9.17, 15) is 9.59 Å². The molecule has 0 saturated carbocycles. The fraction of sp³-hybridized carbons (Fsp3) is 0.500. The molecule has 7 heteroatoms. The number of primary amides is 1. The second-order valence-electron chi connectivity index (χ2n) is 5.02. The maximum atomic E-state index is 12.4. The van der Waals surface area contributed by atoms with Gasteiger partial charge in [0, 0.05) is 38.4 Å². The van der Waals surface area contributed by atoms with Gasteiger partial charge in [-0.1, -0.05) is 0 Å². The Balaban J connectivity index is 2.10. The maximum Gasteiger partial charge on any atom is 0.255 e. The summed E-state index contributed by atoms with van der Waals surface area (Å²) >= 11 is 0. The number of methoxy groups -OCH3 is 2. The van der Waals surface area contributed by atoms with Crippen molar-refractivity contribution in [2.45, 2.75) is 0 Å². The maximum absolute atomic E-state index is 12.4. The third kappa shape index (κ3) is 3.30. The zero-order valence-electron chi connectivity index (χ0n) is 12.1. The number of carbonyl (C=O) groups is 2. The number of hydrogen-bond donors (Lipinski definition) is 1. The Hall–Kier alpha value is -2.15. The van der Waals surface area contributed by atoms with Crippen LogP contribution in [0.25, 0.3) is 0 Å². The molecule has 1 aromatic heterocycles. The lowest BCUT2D eigenvalue weighted by atomic mass is 9.96. The van der Waals surface area contributed by atoms with Crippen LogP contribution >= 0.6 is 0 Å². The fourth-order valence-corrected chi connectivity index (χ4v) is 2.55. The quantitative estimate of drug-likeness (QED) is 0.818. The summed E-state index contributed by atoms with van der Waals surface area (Å²) in [7, 11) is 3.08. The first-order valence-corrected chi connectivity index (χ1v) is 6.64. The first kappa shape index (κ1) is 15.2. The van der Waals surface area contributed by atoms with Gasteiger partial charge in [0.1, 0.15) is 0 Å². The third-order valence-corrected chi connectivity index (χ3v) is 3.67. The van der Waals surface area contributed by atoms with E-state index >= 15 is 0 Å². The molecule has 21 heavy (non-hydrogen) atoms. The summed E-state index contributed by atoms with van der Waals surface area (Å²) < 4.78 is 10.1. The Bertz CT molecular complexity index is 517. The van der Waals surface area contributed by atoms with Gasteiger partial charge in [0.05, 0.1) is 25.2 Å². The van der Waals surface area contributed by atoms with Crippen molar-refractivity contribution >= 4 is 11.8 Å². The third-order valence-electron chi connectivity index (χ3n) is 3.67. The molecular formula is C14H19N3O4. The van der Waals surface area contributed by atoms with Gasteiger partial charge in [-0.15, -0.1) is 0 Å².